The molecule has 0 saturated carbocycles. The van der Waals surface area contributed by atoms with Crippen LogP contribution in [0.2, 0.25) is 0 Å². The minimum atomic E-state index is -0.0381. The smallest absolute Gasteiger partial charge is 0.262 e. The third kappa shape index (κ3) is 2.84. The van der Waals surface area contributed by atoms with Crippen molar-refractivity contribution in [2.45, 2.75) is 26.7 Å². The molecule has 0 radical (unpaired) electrons. The Morgan fingerprint density at radius 2 is 1.96 bits per heavy atom. The van der Waals surface area contributed by atoms with Crippen LogP contribution in [-0.4, -0.2) is 26.2 Å². The van der Waals surface area contributed by atoms with Gasteiger partial charge in [0.25, 0.3) is 5.91 Å². The van der Waals surface area contributed by atoms with Crippen molar-refractivity contribution in [1.29, 1.82) is 0 Å². The number of amides is 1. The summed E-state index contributed by atoms with van der Waals surface area (Å²) in [7, 11) is 1.65. The molecular weight excluding hydrogens is 302 g/mol. The molecule has 0 fully saturated rings. The quantitative estimate of drug-likeness (QED) is 0.853. The van der Waals surface area contributed by atoms with Crippen LogP contribution in [0.4, 0.5) is 5.69 Å². The normalized spacial score (nSPS) is 13.4. The molecule has 2 aromatic rings. The minimum absolute atomic E-state index is 0.0381. The summed E-state index contributed by atoms with van der Waals surface area (Å²) < 4.78 is 11.2. The Bertz CT molecular complexity index is 755. The lowest BCUT2D eigenvalue weighted by molar-refractivity contribution is 0.0980. The number of fused-ring (bicyclic) bond motifs is 1. The number of rotatable bonds is 4. The lowest BCUT2D eigenvalue weighted by atomic mass is 9.95. The summed E-state index contributed by atoms with van der Waals surface area (Å²) in [6.45, 7) is 5.22. The zero-order valence-electron chi connectivity index (χ0n) is 14.5. The Labute approximate surface area is 143 Å². The fourth-order valence-corrected chi connectivity index (χ4v) is 3.29. The average molecular weight is 325 g/mol. The van der Waals surface area contributed by atoms with Gasteiger partial charge in [-0.05, 0) is 56.0 Å². The van der Waals surface area contributed by atoms with Gasteiger partial charge >= 0.3 is 0 Å². The van der Waals surface area contributed by atoms with E-state index in [9.17, 15) is 4.79 Å². The maximum absolute atomic E-state index is 13.2. The van der Waals surface area contributed by atoms with Crippen LogP contribution in [0.15, 0.2) is 36.4 Å². The van der Waals surface area contributed by atoms with E-state index in [0.29, 0.717) is 24.5 Å². The number of hydrogen-bond donors (Lipinski definition) is 0. The molecule has 24 heavy (non-hydrogen) atoms. The number of benzene rings is 2. The molecule has 0 atom stereocenters. The second-order valence-electron chi connectivity index (χ2n) is 5.90. The Morgan fingerprint density at radius 3 is 2.71 bits per heavy atom. The van der Waals surface area contributed by atoms with Crippen molar-refractivity contribution in [2.24, 2.45) is 0 Å². The van der Waals surface area contributed by atoms with Crippen LogP contribution in [0.1, 0.15) is 34.8 Å². The summed E-state index contributed by atoms with van der Waals surface area (Å²) in [4.78, 5) is 15.1. The molecule has 0 unspecified atom stereocenters. The molecule has 2 aromatic carbocycles. The van der Waals surface area contributed by atoms with Gasteiger partial charge in [0, 0.05) is 6.54 Å². The summed E-state index contributed by atoms with van der Waals surface area (Å²) in [6.07, 6.45) is 1.92. The van der Waals surface area contributed by atoms with Crippen molar-refractivity contribution in [3.63, 3.8) is 0 Å². The van der Waals surface area contributed by atoms with Crippen molar-refractivity contribution in [1.82, 2.24) is 0 Å². The van der Waals surface area contributed by atoms with E-state index in [-0.39, 0.29) is 5.91 Å². The second-order valence-corrected chi connectivity index (χ2v) is 5.90. The highest BCUT2D eigenvalue weighted by molar-refractivity contribution is 6.09. The van der Waals surface area contributed by atoms with Crippen LogP contribution in [0.3, 0.4) is 0 Å². The van der Waals surface area contributed by atoms with Gasteiger partial charge in [-0.25, -0.2) is 0 Å². The van der Waals surface area contributed by atoms with E-state index in [0.717, 1.165) is 24.3 Å². The second kappa shape index (κ2) is 6.95. The SMILES string of the molecule is CCOc1ccccc1C(=O)N1CCCc2c(C)ccc(OC)c21. The van der Waals surface area contributed by atoms with Gasteiger partial charge in [0.2, 0.25) is 0 Å². The Balaban J connectivity index is 2.07. The van der Waals surface area contributed by atoms with E-state index in [2.05, 4.69) is 13.0 Å². The van der Waals surface area contributed by atoms with Crippen LogP contribution in [0.5, 0.6) is 11.5 Å². The number of ether oxygens (including phenoxy) is 2. The summed E-state index contributed by atoms with van der Waals surface area (Å²) in [5, 5.41) is 0. The van der Waals surface area contributed by atoms with Crippen LogP contribution >= 0.6 is 0 Å². The lowest BCUT2D eigenvalue weighted by Gasteiger charge is -2.32. The lowest BCUT2D eigenvalue weighted by Crippen LogP contribution is -2.36. The van der Waals surface area contributed by atoms with Gasteiger partial charge in [-0.1, -0.05) is 18.2 Å². The third-order valence-corrected chi connectivity index (χ3v) is 4.44. The molecule has 1 aliphatic heterocycles. The number of hydrogen-bond acceptors (Lipinski definition) is 3. The highest BCUT2D eigenvalue weighted by Gasteiger charge is 2.29. The number of carbonyl (C=O) groups excluding carboxylic acids is 1. The molecule has 1 heterocycles. The molecular formula is C20H23NO3. The summed E-state index contributed by atoms with van der Waals surface area (Å²) >= 11 is 0. The monoisotopic (exact) mass is 325 g/mol. The van der Waals surface area contributed by atoms with E-state index < -0.39 is 0 Å². The molecule has 4 nitrogen and oxygen atoms in total. The molecule has 0 aliphatic carbocycles. The predicted molar refractivity (Wildman–Crippen MR) is 95.3 cm³/mol. The molecule has 0 N–H and O–H groups in total. The zero-order chi connectivity index (χ0) is 17.1. The predicted octanol–water partition coefficient (Wildman–Crippen LogP) is 4.00. The molecule has 4 heteroatoms. The summed E-state index contributed by atoms with van der Waals surface area (Å²) in [5.74, 6) is 1.34. The first kappa shape index (κ1) is 16.4. The molecule has 0 aromatic heterocycles. The van der Waals surface area contributed by atoms with Crippen molar-refractivity contribution in [3.05, 3.63) is 53.1 Å². The minimum Gasteiger partial charge on any atom is -0.495 e. The maximum Gasteiger partial charge on any atom is 0.262 e. The van der Waals surface area contributed by atoms with Gasteiger partial charge in [0.05, 0.1) is 25.0 Å². The molecule has 0 spiro atoms. The van der Waals surface area contributed by atoms with Gasteiger partial charge in [0.1, 0.15) is 11.5 Å². The first-order valence-electron chi connectivity index (χ1n) is 8.37. The number of methoxy groups -OCH3 is 1. The standard InChI is InChI=1S/C20H23NO3/c1-4-24-17-10-6-5-8-16(17)20(22)21-13-7-9-15-14(2)11-12-18(23-3)19(15)21/h5-6,8,10-12H,4,7,9,13H2,1-3H3. The van der Waals surface area contributed by atoms with Crippen molar-refractivity contribution < 1.29 is 14.3 Å². The van der Waals surface area contributed by atoms with Crippen LogP contribution in [0.25, 0.3) is 0 Å². The van der Waals surface area contributed by atoms with Crippen LogP contribution in [-0.2, 0) is 6.42 Å². The Kier molecular flexibility index (Phi) is 4.74. The van der Waals surface area contributed by atoms with Crippen molar-refractivity contribution >= 4 is 11.6 Å². The van der Waals surface area contributed by atoms with E-state index in [1.807, 2.05) is 42.2 Å². The van der Waals surface area contributed by atoms with E-state index >= 15 is 0 Å². The van der Waals surface area contributed by atoms with E-state index in [1.54, 1.807) is 7.11 Å². The van der Waals surface area contributed by atoms with Crippen LogP contribution in [0, 0.1) is 6.92 Å². The number of aryl methyl sites for hydroxylation is 1. The first-order valence-corrected chi connectivity index (χ1v) is 8.37. The molecule has 0 bridgehead atoms. The maximum atomic E-state index is 13.2. The van der Waals surface area contributed by atoms with Gasteiger partial charge in [-0.2, -0.15) is 0 Å². The highest BCUT2D eigenvalue weighted by atomic mass is 16.5. The Hall–Kier alpha value is -2.49. The fraction of sp³-hybridized carbons (Fsp3) is 0.350. The van der Waals surface area contributed by atoms with E-state index in [1.165, 1.54) is 11.1 Å². The first-order chi connectivity index (χ1) is 11.7. The molecule has 0 saturated heterocycles. The fourth-order valence-electron chi connectivity index (χ4n) is 3.29. The largest absolute Gasteiger partial charge is 0.495 e. The van der Waals surface area contributed by atoms with Gasteiger partial charge in [0.15, 0.2) is 0 Å². The molecule has 1 aliphatic rings. The summed E-state index contributed by atoms with van der Waals surface area (Å²) in [6, 6.07) is 11.4. The third-order valence-electron chi connectivity index (χ3n) is 4.44. The molecule has 1 amide bonds. The number of carbonyl (C=O) groups is 1. The Morgan fingerprint density at radius 1 is 1.17 bits per heavy atom. The van der Waals surface area contributed by atoms with Crippen molar-refractivity contribution in [2.75, 3.05) is 25.2 Å². The highest BCUT2D eigenvalue weighted by Crippen LogP contribution is 2.39. The number of anilines is 1. The van der Waals surface area contributed by atoms with Crippen molar-refractivity contribution in [3.8, 4) is 11.5 Å². The van der Waals surface area contributed by atoms with Gasteiger partial charge in [-0.3, -0.25) is 4.79 Å². The number of nitrogens with zero attached hydrogens (tertiary/aromatic N) is 1. The van der Waals surface area contributed by atoms with Gasteiger partial charge in [-0.15, -0.1) is 0 Å². The van der Waals surface area contributed by atoms with Crippen LogP contribution < -0.4 is 14.4 Å². The van der Waals surface area contributed by atoms with Gasteiger partial charge < -0.3 is 14.4 Å². The molecule has 126 valence electrons. The topological polar surface area (TPSA) is 38.8 Å². The zero-order valence-corrected chi connectivity index (χ0v) is 14.5. The summed E-state index contributed by atoms with van der Waals surface area (Å²) in [5.41, 5.74) is 3.89. The number of para-hydroxylation sites is 1. The van der Waals surface area contributed by atoms with E-state index in [4.69, 9.17) is 9.47 Å². The molecule has 3 rings (SSSR count). The average Bonchev–Trinajstić information content (AvgIpc) is 2.62.